The van der Waals surface area contributed by atoms with Crippen LogP contribution in [-0.2, 0) is 16.3 Å². The summed E-state index contributed by atoms with van der Waals surface area (Å²) in [5.41, 5.74) is 0. The van der Waals surface area contributed by atoms with Crippen molar-refractivity contribution in [1.82, 2.24) is 0 Å². The molecule has 0 heterocycles. The Morgan fingerprint density at radius 1 is 1.78 bits per heavy atom. The molecule has 9 heavy (non-hydrogen) atoms. The highest BCUT2D eigenvalue weighted by molar-refractivity contribution is 8.06. The third-order valence-electron chi connectivity index (χ3n) is 0.279. The lowest BCUT2D eigenvalue weighted by Gasteiger charge is -2.02. The molecule has 0 bridgehead atoms. The lowest BCUT2D eigenvalue weighted by molar-refractivity contribution is 0.333. The molecule has 0 rings (SSSR count). The number of halogens is 2. The second-order valence-corrected chi connectivity index (χ2v) is 3.98. The van der Waals surface area contributed by atoms with Crippen LogP contribution in [-0.4, -0.2) is 9.79 Å². The second kappa shape index (κ2) is 3.49. The van der Waals surface area contributed by atoms with Gasteiger partial charge >= 0.3 is 6.72 Å². The van der Waals surface area contributed by atoms with Gasteiger partial charge in [-0.2, -0.15) is 4.39 Å². The first-order valence-electron chi connectivity index (χ1n) is 1.67. The highest BCUT2D eigenvalue weighted by Gasteiger charge is 2.05. The molecule has 2 N–H and O–H groups in total. The van der Waals surface area contributed by atoms with E-state index in [-0.39, 0.29) is 0 Å². The SMILES string of the molecule is OP(O)(=S)OC=C(F)Cl. The van der Waals surface area contributed by atoms with Gasteiger partial charge in [0.1, 0.15) is 6.26 Å². The van der Waals surface area contributed by atoms with Crippen LogP contribution in [0.3, 0.4) is 0 Å². The summed E-state index contributed by atoms with van der Waals surface area (Å²) >= 11 is 8.54. The molecule has 0 unspecified atom stereocenters. The van der Waals surface area contributed by atoms with Crippen molar-refractivity contribution in [3.05, 3.63) is 11.5 Å². The largest absolute Gasteiger partial charge is 0.428 e. The van der Waals surface area contributed by atoms with Crippen LogP contribution in [0, 0.1) is 0 Å². The third-order valence-corrected chi connectivity index (χ3v) is 1.01. The maximum atomic E-state index is 11.5. The maximum absolute atomic E-state index is 11.5. The van der Waals surface area contributed by atoms with Crippen LogP contribution in [0.15, 0.2) is 11.5 Å². The minimum atomic E-state index is -3.79. The predicted octanol–water partition coefficient (Wildman–Crippen LogP) is 1.22. The van der Waals surface area contributed by atoms with Gasteiger partial charge in [-0.05, 0) is 11.6 Å². The van der Waals surface area contributed by atoms with Crippen molar-refractivity contribution in [3.63, 3.8) is 0 Å². The van der Waals surface area contributed by atoms with Gasteiger partial charge in [-0.25, -0.2) is 0 Å². The molecule has 0 amide bonds. The van der Waals surface area contributed by atoms with Crippen LogP contribution in [0.1, 0.15) is 0 Å². The Kier molecular flexibility index (Phi) is 3.61. The lowest BCUT2D eigenvalue weighted by atomic mass is 11.1. The first kappa shape index (κ1) is 9.33. The average molecular weight is 193 g/mol. The van der Waals surface area contributed by atoms with Gasteiger partial charge in [0.15, 0.2) is 0 Å². The number of hydrogen-bond acceptors (Lipinski definition) is 2. The fraction of sp³-hybridized carbons (Fsp3) is 0. The molecular weight excluding hydrogens is 190 g/mol. The molecule has 0 atom stereocenters. The van der Waals surface area contributed by atoms with E-state index in [1.807, 2.05) is 0 Å². The summed E-state index contributed by atoms with van der Waals surface area (Å²) in [5, 5.41) is -1.19. The van der Waals surface area contributed by atoms with Crippen molar-refractivity contribution in [1.29, 1.82) is 0 Å². The topological polar surface area (TPSA) is 49.7 Å². The Labute approximate surface area is 61.0 Å². The molecule has 0 aromatic rings. The van der Waals surface area contributed by atoms with Crippen molar-refractivity contribution >= 4 is 30.1 Å². The number of rotatable bonds is 2. The molecule has 7 heteroatoms. The molecule has 0 aromatic heterocycles. The van der Waals surface area contributed by atoms with Crippen molar-refractivity contribution in [2.75, 3.05) is 0 Å². The maximum Gasteiger partial charge on any atom is 0.374 e. The summed E-state index contributed by atoms with van der Waals surface area (Å²) in [4.78, 5) is 16.5. The summed E-state index contributed by atoms with van der Waals surface area (Å²) in [5.74, 6) is 0. The van der Waals surface area contributed by atoms with Crippen LogP contribution in [0.5, 0.6) is 0 Å². The molecule has 3 nitrogen and oxygen atoms in total. The van der Waals surface area contributed by atoms with Crippen molar-refractivity contribution in [2.45, 2.75) is 0 Å². The highest BCUT2D eigenvalue weighted by atomic mass is 35.5. The van der Waals surface area contributed by atoms with Gasteiger partial charge < -0.3 is 14.3 Å². The third kappa shape index (κ3) is 8.33. The fourth-order valence-corrected chi connectivity index (χ4v) is 0.574. The van der Waals surface area contributed by atoms with Crippen molar-refractivity contribution in [2.24, 2.45) is 0 Å². The molecule has 0 aromatic carbocycles. The first-order chi connectivity index (χ1) is 3.92. The monoisotopic (exact) mass is 192 g/mol. The molecule has 0 saturated carbocycles. The lowest BCUT2D eigenvalue weighted by Crippen LogP contribution is -1.77. The molecular formula is C2H3ClFO3PS. The van der Waals surface area contributed by atoms with Gasteiger partial charge in [-0.3, -0.25) is 0 Å². The minimum Gasteiger partial charge on any atom is -0.428 e. The van der Waals surface area contributed by atoms with Crippen LogP contribution in [0.2, 0.25) is 0 Å². The Balaban J connectivity index is 3.79. The molecule has 0 aliphatic carbocycles. The zero-order chi connectivity index (χ0) is 7.49. The smallest absolute Gasteiger partial charge is 0.374 e. The summed E-state index contributed by atoms with van der Waals surface area (Å²) in [6.07, 6.45) is 0.336. The van der Waals surface area contributed by atoms with Gasteiger partial charge in [0.25, 0.3) is 0 Å². The average Bonchev–Trinajstić information content (AvgIpc) is 1.59. The van der Waals surface area contributed by atoms with E-state index in [1.165, 1.54) is 0 Å². The second-order valence-electron chi connectivity index (χ2n) is 1.00. The Hall–Kier alpha value is 0.330. The van der Waals surface area contributed by atoms with Gasteiger partial charge in [0.2, 0.25) is 5.29 Å². The highest BCUT2D eigenvalue weighted by Crippen LogP contribution is 2.37. The van der Waals surface area contributed by atoms with Crippen molar-refractivity contribution in [3.8, 4) is 0 Å². The number of hydrogen-bond donors (Lipinski definition) is 2. The van der Waals surface area contributed by atoms with E-state index in [2.05, 4.69) is 27.9 Å². The van der Waals surface area contributed by atoms with E-state index in [4.69, 9.17) is 9.79 Å². The van der Waals surface area contributed by atoms with E-state index in [0.717, 1.165) is 0 Å². The Bertz CT molecular complexity index is 161. The van der Waals surface area contributed by atoms with Crippen molar-refractivity contribution < 1.29 is 18.7 Å². The Morgan fingerprint density at radius 2 is 2.22 bits per heavy atom. The molecule has 0 radical (unpaired) electrons. The first-order valence-corrected chi connectivity index (χ1v) is 4.67. The van der Waals surface area contributed by atoms with Crippen LogP contribution in [0.4, 0.5) is 4.39 Å². The van der Waals surface area contributed by atoms with E-state index < -0.39 is 12.0 Å². The molecule has 0 aliphatic rings. The Morgan fingerprint density at radius 3 is 2.33 bits per heavy atom. The predicted molar refractivity (Wildman–Crippen MR) is 34.9 cm³/mol. The van der Waals surface area contributed by atoms with Gasteiger partial charge in [0.05, 0.1) is 0 Å². The van der Waals surface area contributed by atoms with E-state index >= 15 is 0 Å². The molecule has 0 aliphatic heterocycles. The van der Waals surface area contributed by atoms with E-state index in [0.29, 0.717) is 6.26 Å². The summed E-state index contributed by atoms with van der Waals surface area (Å²) in [6.45, 7) is -3.79. The molecule has 0 fully saturated rings. The van der Waals surface area contributed by atoms with E-state index in [1.54, 1.807) is 0 Å². The van der Waals surface area contributed by atoms with Gasteiger partial charge in [-0.15, -0.1) is 0 Å². The zero-order valence-electron chi connectivity index (χ0n) is 3.99. The quantitative estimate of drug-likeness (QED) is 0.510. The zero-order valence-corrected chi connectivity index (χ0v) is 6.46. The molecule has 0 spiro atoms. The molecule has 54 valence electrons. The molecule has 0 saturated heterocycles. The fourth-order valence-electron chi connectivity index (χ4n) is 0.108. The summed E-state index contributed by atoms with van der Waals surface area (Å²) in [6, 6.07) is 0. The van der Waals surface area contributed by atoms with Crippen LogP contribution < -0.4 is 0 Å². The van der Waals surface area contributed by atoms with Crippen LogP contribution >= 0.6 is 18.3 Å². The normalized spacial score (nSPS) is 13.6. The van der Waals surface area contributed by atoms with Gasteiger partial charge in [-0.1, -0.05) is 0 Å². The standard InChI is InChI=1S/C2H3ClFO3PS/c3-2(4)1-7-8(5,6)9/h1H,(H2,5,6,9). The minimum absolute atomic E-state index is 0.336. The van der Waals surface area contributed by atoms with Crippen LogP contribution in [0.25, 0.3) is 0 Å². The van der Waals surface area contributed by atoms with Gasteiger partial charge in [0, 0.05) is 11.8 Å². The van der Waals surface area contributed by atoms with E-state index in [9.17, 15) is 4.39 Å². The summed E-state index contributed by atoms with van der Waals surface area (Å²) in [7, 11) is 0. The summed E-state index contributed by atoms with van der Waals surface area (Å²) < 4.78 is 15.3.